The summed E-state index contributed by atoms with van der Waals surface area (Å²) in [4.78, 5) is 17.6. The van der Waals surface area contributed by atoms with Crippen molar-refractivity contribution in [2.45, 2.75) is 19.4 Å². The Labute approximate surface area is 135 Å². The van der Waals surface area contributed by atoms with Gasteiger partial charge in [0.2, 0.25) is 0 Å². The number of aryl methyl sites for hydroxylation is 1. The molecule has 23 heavy (non-hydrogen) atoms. The summed E-state index contributed by atoms with van der Waals surface area (Å²) in [6.45, 7) is 1.85. The summed E-state index contributed by atoms with van der Waals surface area (Å²) in [6, 6.07) is 5.26. The van der Waals surface area contributed by atoms with E-state index >= 15 is 0 Å². The molecule has 7 heteroatoms. The van der Waals surface area contributed by atoms with E-state index in [1.807, 2.05) is 25.1 Å². The van der Waals surface area contributed by atoms with Gasteiger partial charge in [0.15, 0.2) is 9.84 Å². The second kappa shape index (κ2) is 5.56. The number of fused-ring (bicyclic) bond motifs is 1. The van der Waals surface area contributed by atoms with Crippen LogP contribution in [0.2, 0.25) is 0 Å². The Kier molecular flexibility index (Phi) is 3.83. The van der Waals surface area contributed by atoms with Crippen LogP contribution in [0.1, 0.15) is 22.5 Å². The number of H-pyrrole nitrogens is 1. The van der Waals surface area contributed by atoms with Gasteiger partial charge in [-0.2, -0.15) is 0 Å². The van der Waals surface area contributed by atoms with E-state index in [0.29, 0.717) is 17.7 Å². The zero-order valence-electron chi connectivity index (χ0n) is 13.4. The van der Waals surface area contributed by atoms with Crippen LogP contribution in [0.3, 0.4) is 0 Å². The quantitative estimate of drug-likeness (QED) is 0.926. The van der Waals surface area contributed by atoms with Crippen LogP contribution in [-0.4, -0.2) is 55.9 Å². The number of benzene rings is 1. The molecular weight excluding hydrogens is 316 g/mol. The van der Waals surface area contributed by atoms with Crippen LogP contribution >= 0.6 is 0 Å². The van der Waals surface area contributed by atoms with E-state index in [2.05, 4.69) is 4.98 Å². The molecule has 1 saturated heterocycles. The summed E-state index contributed by atoms with van der Waals surface area (Å²) in [7, 11) is 0.248. The SMILES string of the molecule is COc1ccc2c(C(=O)N(C)C3CCS(=O)(=O)C3)c(C)[nH]c2c1. The van der Waals surface area contributed by atoms with E-state index in [0.717, 1.165) is 16.6 Å². The van der Waals surface area contributed by atoms with Crippen molar-refractivity contribution in [3.05, 3.63) is 29.5 Å². The van der Waals surface area contributed by atoms with Crippen LogP contribution in [0, 0.1) is 6.92 Å². The van der Waals surface area contributed by atoms with Crippen molar-refractivity contribution in [1.82, 2.24) is 9.88 Å². The molecule has 1 unspecified atom stereocenters. The zero-order chi connectivity index (χ0) is 16.8. The highest BCUT2D eigenvalue weighted by Crippen LogP contribution is 2.28. The average molecular weight is 336 g/mol. The second-order valence-electron chi connectivity index (χ2n) is 6.01. The normalized spacial score (nSPS) is 19.9. The summed E-state index contributed by atoms with van der Waals surface area (Å²) >= 11 is 0. The minimum absolute atomic E-state index is 0.0461. The Morgan fingerprint density at radius 2 is 2.13 bits per heavy atom. The molecular formula is C16H20N2O4S. The second-order valence-corrected chi connectivity index (χ2v) is 8.24. The first-order valence-corrected chi connectivity index (χ1v) is 9.28. The molecule has 1 fully saturated rings. The highest BCUT2D eigenvalue weighted by molar-refractivity contribution is 7.91. The Balaban J connectivity index is 1.96. The van der Waals surface area contributed by atoms with E-state index in [1.165, 1.54) is 0 Å². The number of nitrogens with one attached hydrogen (secondary N) is 1. The predicted molar refractivity (Wildman–Crippen MR) is 88.7 cm³/mol. The van der Waals surface area contributed by atoms with Crippen molar-refractivity contribution >= 4 is 26.6 Å². The first-order valence-electron chi connectivity index (χ1n) is 7.46. The number of ether oxygens (including phenoxy) is 1. The van der Waals surface area contributed by atoms with E-state index in [9.17, 15) is 13.2 Å². The molecule has 0 radical (unpaired) electrons. The van der Waals surface area contributed by atoms with Gasteiger partial charge in [-0.3, -0.25) is 4.79 Å². The van der Waals surface area contributed by atoms with Gasteiger partial charge < -0.3 is 14.6 Å². The first-order chi connectivity index (χ1) is 10.8. The van der Waals surface area contributed by atoms with Crippen LogP contribution in [0.25, 0.3) is 10.9 Å². The smallest absolute Gasteiger partial charge is 0.256 e. The Hall–Kier alpha value is -2.02. The summed E-state index contributed by atoms with van der Waals surface area (Å²) in [6.07, 6.45) is 0.500. The minimum atomic E-state index is -3.02. The summed E-state index contributed by atoms with van der Waals surface area (Å²) in [5, 5.41) is 0.820. The van der Waals surface area contributed by atoms with Crippen molar-refractivity contribution in [3.8, 4) is 5.75 Å². The number of amides is 1. The standard InChI is InChI=1S/C16H20N2O4S/c1-10-15(13-5-4-12(22-3)8-14(13)17-10)16(19)18(2)11-6-7-23(20,21)9-11/h4-5,8,11,17H,6-7,9H2,1-3H3. The minimum Gasteiger partial charge on any atom is -0.497 e. The lowest BCUT2D eigenvalue weighted by molar-refractivity contribution is 0.0749. The number of hydrogen-bond acceptors (Lipinski definition) is 4. The number of nitrogens with zero attached hydrogens (tertiary/aromatic N) is 1. The van der Waals surface area contributed by atoms with Gasteiger partial charge in [0, 0.05) is 30.2 Å². The van der Waals surface area contributed by atoms with E-state index in [4.69, 9.17) is 4.74 Å². The molecule has 0 saturated carbocycles. The van der Waals surface area contributed by atoms with Crippen LogP contribution in [-0.2, 0) is 9.84 Å². The van der Waals surface area contributed by atoms with Crippen molar-refractivity contribution in [3.63, 3.8) is 0 Å². The van der Waals surface area contributed by atoms with E-state index in [1.54, 1.807) is 19.1 Å². The zero-order valence-corrected chi connectivity index (χ0v) is 14.2. The molecule has 2 heterocycles. The van der Waals surface area contributed by atoms with Crippen LogP contribution in [0.4, 0.5) is 0 Å². The third-order valence-corrected chi connectivity index (χ3v) is 6.23. The van der Waals surface area contributed by atoms with Gasteiger partial charge >= 0.3 is 0 Å². The highest BCUT2D eigenvalue weighted by atomic mass is 32.2. The fraction of sp³-hybridized carbons (Fsp3) is 0.438. The van der Waals surface area contributed by atoms with Crippen molar-refractivity contribution in [2.75, 3.05) is 25.7 Å². The van der Waals surface area contributed by atoms with Crippen molar-refractivity contribution in [1.29, 1.82) is 0 Å². The number of carbonyl (C=O) groups excluding carboxylic acids is 1. The van der Waals surface area contributed by atoms with Gasteiger partial charge in [-0.05, 0) is 25.5 Å². The topological polar surface area (TPSA) is 79.5 Å². The molecule has 1 aromatic carbocycles. The number of hydrogen-bond donors (Lipinski definition) is 1. The lowest BCUT2D eigenvalue weighted by atomic mass is 10.1. The van der Waals surface area contributed by atoms with Gasteiger partial charge in [0.25, 0.3) is 5.91 Å². The molecule has 1 aliphatic rings. The summed E-state index contributed by atoms with van der Waals surface area (Å²) in [5.74, 6) is 0.762. The number of rotatable bonds is 3. The van der Waals surface area contributed by atoms with Gasteiger partial charge in [-0.1, -0.05) is 0 Å². The molecule has 0 spiro atoms. The Morgan fingerprint density at radius 3 is 2.74 bits per heavy atom. The monoisotopic (exact) mass is 336 g/mol. The highest BCUT2D eigenvalue weighted by Gasteiger charge is 2.34. The number of carbonyl (C=O) groups is 1. The van der Waals surface area contributed by atoms with Gasteiger partial charge in [-0.25, -0.2) is 8.42 Å². The summed E-state index contributed by atoms with van der Waals surface area (Å²) in [5.41, 5.74) is 2.19. The molecule has 1 aromatic heterocycles. The van der Waals surface area contributed by atoms with Gasteiger partial charge in [0.1, 0.15) is 5.75 Å². The average Bonchev–Trinajstić information content (AvgIpc) is 3.03. The van der Waals surface area contributed by atoms with E-state index < -0.39 is 9.84 Å². The maximum absolute atomic E-state index is 12.9. The molecule has 0 aliphatic carbocycles. The lowest BCUT2D eigenvalue weighted by Crippen LogP contribution is -2.38. The van der Waals surface area contributed by atoms with E-state index in [-0.39, 0.29) is 23.5 Å². The number of methoxy groups -OCH3 is 1. The molecule has 6 nitrogen and oxygen atoms in total. The molecule has 1 aliphatic heterocycles. The van der Waals surface area contributed by atoms with Crippen LogP contribution in [0.15, 0.2) is 18.2 Å². The van der Waals surface area contributed by atoms with Crippen LogP contribution < -0.4 is 4.74 Å². The molecule has 1 amide bonds. The lowest BCUT2D eigenvalue weighted by Gasteiger charge is -2.23. The van der Waals surface area contributed by atoms with Gasteiger partial charge in [-0.15, -0.1) is 0 Å². The van der Waals surface area contributed by atoms with Crippen molar-refractivity contribution in [2.24, 2.45) is 0 Å². The molecule has 3 rings (SSSR count). The first kappa shape index (κ1) is 15.9. The molecule has 2 aromatic rings. The summed E-state index contributed by atoms with van der Waals surface area (Å²) < 4.78 is 28.5. The molecule has 124 valence electrons. The fourth-order valence-corrected chi connectivity index (χ4v) is 4.91. The maximum Gasteiger partial charge on any atom is 0.256 e. The molecule has 0 bridgehead atoms. The van der Waals surface area contributed by atoms with Gasteiger partial charge in [0.05, 0.1) is 29.7 Å². The number of sulfone groups is 1. The fourth-order valence-electron chi connectivity index (χ4n) is 3.14. The Bertz CT molecular complexity index is 870. The third-order valence-electron chi connectivity index (χ3n) is 4.48. The van der Waals surface area contributed by atoms with Crippen LogP contribution in [0.5, 0.6) is 5.75 Å². The number of aromatic nitrogens is 1. The maximum atomic E-state index is 12.9. The molecule has 1 N–H and O–H groups in total. The third kappa shape index (κ3) is 2.81. The number of aromatic amines is 1. The van der Waals surface area contributed by atoms with Crippen molar-refractivity contribution < 1.29 is 17.9 Å². The molecule has 1 atom stereocenters. The predicted octanol–water partition coefficient (Wildman–Crippen LogP) is 1.74. The largest absolute Gasteiger partial charge is 0.497 e. The Morgan fingerprint density at radius 1 is 1.39 bits per heavy atom.